The van der Waals surface area contributed by atoms with Crippen LogP contribution in [0.4, 0.5) is 8.78 Å². The van der Waals surface area contributed by atoms with Gasteiger partial charge in [-0.25, -0.2) is 19.2 Å². The molecule has 3 rings (SSSR count). The Morgan fingerprint density at radius 2 is 2.14 bits per heavy atom. The Bertz CT molecular complexity index is 986. The van der Waals surface area contributed by atoms with E-state index in [4.69, 9.17) is 16.7 Å². The molecule has 0 unspecified atom stereocenters. The summed E-state index contributed by atoms with van der Waals surface area (Å²) in [6, 6.07) is 0.792. The number of halogens is 3. The van der Waals surface area contributed by atoms with E-state index < -0.39 is 33.1 Å². The van der Waals surface area contributed by atoms with Crippen molar-refractivity contribution in [2.75, 3.05) is 0 Å². The van der Waals surface area contributed by atoms with Crippen molar-refractivity contribution in [1.29, 1.82) is 0 Å². The minimum atomic E-state index is -1.51. The lowest BCUT2D eigenvalue weighted by Crippen LogP contribution is -2.19. The molecule has 10 heteroatoms. The van der Waals surface area contributed by atoms with Gasteiger partial charge in [-0.2, -0.15) is 4.39 Å². The van der Waals surface area contributed by atoms with Gasteiger partial charge in [-0.1, -0.05) is 22.9 Å². The molecule has 0 aliphatic rings. The molecule has 0 aliphatic carbocycles. The Hall–Kier alpha value is -2.39. The first-order chi connectivity index (χ1) is 10.4. The summed E-state index contributed by atoms with van der Waals surface area (Å²) in [7, 11) is 0. The summed E-state index contributed by atoms with van der Waals surface area (Å²) in [4.78, 5) is 30.7. The van der Waals surface area contributed by atoms with Gasteiger partial charge in [0.2, 0.25) is 5.43 Å². The fourth-order valence-electron chi connectivity index (χ4n) is 1.86. The highest BCUT2D eigenvalue weighted by molar-refractivity contribution is 7.12. The van der Waals surface area contributed by atoms with Crippen molar-refractivity contribution in [3.8, 4) is 5.13 Å². The van der Waals surface area contributed by atoms with Gasteiger partial charge in [0.1, 0.15) is 5.56 Å². The van der Waals surface area contributed by atoms with Crippen LogP contribution in [0.1, 0.15) is 10.4 Å². The Morgan fingerprint density at radius 1 is 1.41 bits per heavy atom. The first-order valence-electron chi connectivity index (χ1n) is 5.65. The number of nitrogens with zero attached hydrogens (tertiary/aromatic N) is 3. The Kier molecular flexibility index (Phi) is 3.38. The smallest absolute Gasteiger partial charge is 0.341 e. The lowest BCUT2D eigenvalue weighted by Gasteiger charge is -2.09. The zero-order chi connectivity index (χ0) is 16.0. The minimum Gasteiger partial charge on any atom is -0.477 e. The molecule has 0 aromatic carbocycles. The van der Waals surface area contributed by atoms with Crippen LogP contribution in [-0.4, -0.2) is 25.6 Å². The van der Waals surface area contributed by atoms with Crippen molar-refractivity contribution in [3.05, 3.63) is 50.3 Å². The van der Waals surface area contributed by atoms with E-state index in [1.54, 1.807) is 0 Å². The molecule has 0 spiro atoms. The highest BCUT2D eigenvalue weighted by Crippen LogP contribution is 2.23. The van der Waals surface area contributed by atoms with E-state index in [0.717, 1.165) is 23.0 Å². The summed E-state index contributed by atoms with van der Waals surface area (Å²) >= 11 is 6.20. The van der Waals surface area contributed by atoms with Crippen molar-refractivity contribution in [1.82, 2.24) is 14.5 Å². The molecule has 0 atom stereocenters. The lowest BCUT2D eigenvalue weighted by molar-refractivity contribution is 0.0695. The average Bonchev–Trinajstić information content (AvgIpc) is 2.87. The molecule has 0 fully saturated rings. The van der Waals surface area contributed by atoms with Crippen molar-refractivity contribution >= 4 is 39.9 Å². The zero-order valence-corrected chi connectivity index (χ0v) is 12.0. The van der Waals surface area contributed by atoms with E-state index in [1.165, 1.54) is 0 Å². The number of rotatable bonds is 2. The molecule has 0 amide bonds. The maximum atomic E-state index is 13.5. The fourth-order valence-corrected chi connectivity index (χ4v) is 2.61. The van der Waals surface area contributed by atoms with Crippen LogP contribution in [0.15, 0.2) is 23.3 Å². The average molecular weight is 344 g/mol. The van der Waals surface area contributed by atoms with E-state index in [-0.39, 0.29) is 16.2 Å². The standard InChI is InChI=1S/C12H4ClF2N3O3S/c13-9-6(14)1-4-8(19)5(11(20)21)3-18(10(4)17-9)12-16-2-7(15)22-12/h1-3H,(H,20,21). The van der Waals surface area contributed by atoms with Gasteiger partial charge in [0.25, 0.3) is 0 Å². The topological polar surface area (TPSA) is 85.1 Å². The summed E-state index contributed by atoms with van der Waals surface area (Å²) in [5, 5.41) is 7.70. The van der Waals surface area contributed by atoms with Crippen LogP contribution in [0.3, 0.4) is 0 Å². The Balaban J connectivity index is 2.49. The second-order valence-electron chi connectivity index (χ2n) is 4.13. The second-order valence-corrected chi connectivity index (χ2v) is 5.44. The third-order valence-corrected chi connectivity index (χ3v) is 3.84. The highest BCUT2D eigenvalue weighted by Gasteiger charge is 2.19. The first kappa shape index (κ1) is 14.5. The van der Waals surface area contributed by atoms with Gasteiger partial charge in [-0.05, 0) is 6.07 Å². The van der Waals surface area contributed by atoms with Crippen LogP contribution in [-0.2, 0) is 0 Å². The molecule has 0 radical (unpaired) electrons. The molecule has 112 valence electrons. The third-order valence-electron chi connectivity index (χ3n) is 2.79. The normalized spacial score (nSPS) is 11.0. The van der Waals surface area contributed by atoms with Gasteiger partial charge in [0.05, 0.1) is 11.6 Å². The maximum Gasteiger partial charge on any atom is 0.341 e. The van der Waals surface area contributed by atoms with Crippen molar-refractivity contribution in [3.63, 3.8) is 0 Å². The molecular formula is C12H4ClF2N3O3S. The molecule has 3 heterocycles. The molecule has 6 nitrogen and oxygen atoms in total. The number of aromatic carboxylic acids is 1. The van der Waals surface area contributed by atoms with Crippen LogP contribution < -0.4 is 5.43 Å². The quantitative estimate of drug-likeness (QED) is 0.722. The van der Waals surface area contributed by atoms with Crippen LogP contribution in [0, 0.1) is 10.9 Å². The summed E-state index contributed by atoms with van der Waals surface area (Å²) < 4.78 is 27.8. The van der Waals surface area contributed by atoms with Crippen LogP contribution in [0.25, 0.3) is 16.2 Å². The fraction of sp³-hybridized carbons (Fsp3) is 0. The molecule has 0 bridgehead atoms. The van der Waals surface area contributed by atoms with Gasteiger partial charge >= 0.3 is 5.97 Å². The minimum absolute atomic E-state index is 0.0279. The number of hydrogen-bond acceptors (Lipinski definition) is 5. The monoisotopic (exact) mass is 343 g/mol. The van der Waals surface area contributed by atoms with E-state index in [1.807, 2.05) is 0 Å². The van der Waals surface area contributed by atoms with E-state index in [2.05, 4.69) is 9.97 Å². The summed E-state index contributed by atoms with van der Waals surface area (Å²) in [6.45, 7) is 0. The number of carboxylic acids is 1. The number of carboxylic acid groups (broad SMARTS) is 1. The Morgan fingerprint density at radius 3 is 2.73 bits per heavy atom. The van der Waals surface area contributed by atoms with E-state index in [9.17, 15) is 18.4 Å². The third kappa shape index (κ3) is 2.24. The van der Waals surface area contributed by atoms with E-state index in [0.29, 0.717) is 11.3 Å². The van der Waals surface area contributed by atoms with Crippen molar-refractivity contribution < 1.29 is 18.7 Å². The van der Waals surface area contributed by atoms with Gasteiger partial charge in [0.15, 0.2) is 26.9 Å². The number of aromatic nitrogens is 3. The molecule has 22 heavy (non-hydrogen) atoms. The molecular weight excluding hydrogens is 340 g/mol. The largest absolute Gasteiger partial charge is 0.477 e. The molecule has 3 aromatic rings. The van der Waals surface area contributed by atoms with Gasteiger partial charge in [-0.3, -0.25) is 9.36 Å². The molecule has 0 saturated heterocycles. The number of hydrogen-bond donors (Lipinski definition) is 1. The summed E-state index contributed by atoms with van der Waals surface area (Å²) in [6.07, 6.45) is 1.88. The predicted molar refractivity (Wildman–Crippen MR) is 74.9 cm³/mol. The number of fused-ring (bicyclic) bond motifs is 1. The van der Waals surface area contributed by atoms with Gasteiger partial charge in [0, 0.05) is 6.20 Å². The molecule has 0 aliphatic heterocycles. The van der Waals surface area contributed by atoms with E-state index >= 15 is 0 Å². The first-order valence-corrected chi connectivity index (χ1v) is 6.84. The number of thiazole rings is 1. The molecule has 1 N–H and O–H groups in total. The summed E-state index contributed by atoms with van der Waals surface area (Å²) in [5.41, 5.74) is -1.65. The zero-order valence-electron chi connectivity index (χ0n) is 10.4. The lowest BCUT2D eigenvalue weighted by atomic mass is 10.2. The maximum absolute atomic E-state index is 13.5. The highest BCUT2D eigenvalue weighted by atomic mass is 35.5. The summed E-state index contributed by atoms with van der Waals surface area (Å²) in [5.74, 6) is -2.47. The van der Waals surface area contributed by atoms with Crippen molar-refractivity contribution in [2.24, 2.45) is 0 Å². The van der Waals surface area contributed by atoms with Crippen LogP contribution in [0.2, 0.25) is 5.15 Å². The van der Waals surface area contributed by atoms with Gasteiger partial charge < -0.3 is 5.11 Å². The van der Waals surface area contributed by atoms with Crippen molar-refractivity contribution in [2.45, 2.75) is 0 Å². The van der Waals surface area contributed by atoms with Crippen LogP contribution >= 0.6 is 22.9 Å². The second kappa shape index (κ2) is 5.11. The van der Waals surface area contributed by atoms with Gasteiger partial charge in [-0.15, -0.1) is 0 Å². The number of pyridine rings is 2. The molecule has 3 aromatic heterocycles. The molecule has 0 saturated carbocycles. The predicted octanol–water partition coefficient (Wildman–Crippen LogP) is 2.47. The van der Waals surface area contributed by atoms with Crippen LogP contribution in [0.5, 0.6) is 0 Å². The Labute approximate surface area is 129 Å². The number of carbonyl (C=O) groups is 1. The SMILES string of the molecule is O=C(O)c1cn(-c2ncc(F)s2)c2nc(Cl)c(F)cc2c1=O.